The fourth-order valence-electron chi connectivity index (χ4n) is 1.02. The van der Waals surface area contributed by atoms with Gasteiger partial charge in [-0.3, -0.25) is 9.59 Å². The van der Waals surface area contributed by atoms with Gasteiger partial charge in [-0.1, -0.05) is 0 Å². The normalized spacial score (nSPS) is 12.8. The molecule has 0 aromatic rings. The molecule has 0 aliphatic heterocycles. The minimum Gasteiger partial charge on any atom is -0.480 e. The maximum atomic E-state index is 11.7. The quantitative estimate of drug-likeness (QED) is 0.515. The van der Waals surface area contributed by atoms with Gasteiger partial charge >= 0.3 is 12.1 Å². The van der Waals surface area contributed by atoms with Crippen molar-refractivity contribution in [3.05, 3.63) is 0 Å². The number of amides is 2. The molecule has 0 bridgehead atoms. The Morgan fingerprint density at radius 1 is 1.32 bits per heavy atom. The topological polar surface area (TPSA) is 119 Å². The van der Waals surface area contributed by atoms with Crippen molar-refractivity contribution < 1.29 is 37.4 Å². The highest BCUT2D eigenvalue weighted by Crippen LogP contribution is 2.14. The number of carbonyl (C=O) groups excluding carboxylic acids is 2. The zero-order valence-corrected chi connectivity index (χ0v) is 9.70. The SMILES string of the molecule is NC(=O)C[C@@H](NC(=O)CCOCC(F)(F)F)C(=O)O. The molecule has 0 aromatic carbocycles. The number of aliphatic carboxylic acids is 1. The number of primary amides is 1. The third-order valence-corrected chi connectivity index (χ3v) is 1.78. The average molecular weight is 286 g/mol. The lowest BCUT2D eigenvalue weighted by atomic mass is 10.2. The first-order chi connectivity index (χ1) is 8.61. The largest absolute Gasteiger partial charge is 0.480 e. The van der Waals surface area contributed by atoms with Gasteiger partial charge in [-0.15, -0.1) is 0 Å². The van der Waals surface area contributed by atoms with E-state index in [0.717, 1.165) is 0 Å². The number of nitrogens with one attached hydrogen (secondary N) is 1. The number of hydrogen-bond donors (Lipinski definition) is 3. The zero-order valence-electron chi connectivity index (χ0n) is 9.70. The Kier molecular flexibility index (Phi) is 6.83. The van der Waals surface area contributed by atoms with Crippen LogP contribution in [0.2, 0.25) is 0 Å². The third kappa shape index (κ3) is 9.83. The van der Waals surface area contributed by atoms with E-state index in [-0.39, 0.29) is 0 Å². The summed E-state index contributed by atoms with van der Waals surface area (Å²) in [6, 6.07) is -1.51. The van der Waals surface area contributed by atoms with Gasteiger partial charge in [0, 0.05) is 6.42 Å². The maximum Gasteiger partial charge on any atom is 0.411 e. The molecule has 0 rings (SSSR count). The Hall–Kier alpha value is -1.84. The number of carbonyl (C=O) groups is 3. The van der Waals surface area contributed by atoms with E-state index in [0.29, 0.717) is 0 Å². The fourth-order valence-corrected chi connectivity index (χ4v) is 1.02. The van der Waals surface area contributed by atoms with Crippen LogP contribution in [0.4, 0.5) is 13.2 Å². The molecule has 19 heavy (non-hydrogen) atoms. The number of hydrogen-bond acceptors (Lipinski definition) is 4. The average Bonchev–Trinajstić information content (AvgIpc) is 2.21. The van der Waals surface area contributed by atoms with Crippen molar-refractivity contribution in [3.63, 3.8) is 0 Å². The smallest absolute Gasteiger partial charge is 0.411 e. The molecule has 0 spiro atoms. The number of alkyl halides is 3. The minimum atomic E-state index is -4.49. The van der Waals surface area contributed by atoms with Crippen molar-refractivity contribution in [2.45, 2.75) is 25.1 Å². The first-order valence-corrected chi connectivity index (χ1v) is 5.07. The monoisotopic (exact) mass is 286 g/mol. The molecule has 0 unspecified atom stereocenters. The number of ether oxygens (including phenoxy) is 1. The van der Waals surface area contributed by atoms with Crippen LogP contribution in [0.5, 0.6) is 0 Å². The van der Waals surface area contributed by atoms with Gasteiger partial charge in [0.25, 0.3) is 0 Å². The number of halogens is 3. The van der Waals surface area contributed by atoms with E-state index in [1.807, 2.05) is 5.32 Å². The molecule has 0 radical (unpaired) electrons. The van der Waals surface area contributed by atoms with Crippen LogP contribution >= 0.6 is 0 Å². The van der Waals surface area contributed by atoms with Crippen LogP contribution in [0.15, 0.2) is 0 Å². The summed E-state index contributed by atoms with van der Waals surface area (Å²) in [5.41, 5.74) is 4.77. The molecule has 0 aliphatic carbocycles. The van der Waals surface area contributed by atoms with E-state index in [2.05, 4.69) is 4.74 Å². The number of carboxylic acids is 1. The van der Waals surface area contributed by atoms with Crippen LogP contribution in [0, 0.1) is 0 Å². The van der Waals surface area contributed by atoms with E-state index < -0.39 is 56.1 Å². The van der Waals surface area contributed by atoms with Gasteiger partial charge in [0.2, 0.25) is 11.8 Å². The van der Waals surface area contributed by atoms with Crippen LogP contribution in [0.3, 0.4) is 0 Å². The first kappa shape index (κ1) is 17.2. The summed E-state index contributed by atoms with van der Waals surface area (Å²) >= 11 is 0. The highest BCUT2D eigenvalue weighted by molar-refractivity contribution is 5.88. The Labute approximate surface area is 105 Å². The van der Waals surface area contributed by atoms with Gasteiger partial charge in [-0.2, -0.15) is 13.2 Å². The van der Waals surface area contributed by atoms with Crippen molar-refractivity contribution >= 4 is 17.8 Å². The van der Waals surface area contributed by atoms with E-state index in [9.17, 15) is 27.6 Å². The number of rotatable bonds is 8. The molecule has 7 nitrogen and oxygen atoms in total. The molecule has 4 N–H and O–H groups in total. The molecule has 0 saturated heterocycles. The summed E-state index contributed by atoms with van der Waals surface area (Å²) in [6.07, 6.45) is -5.56. The maximum absolute atomic E-state index is 11.7. The Bertz CT molecular complexity index is 345. The molecule has 110 valence electrons. The highest BCUT2D eigenvalue weighted by atomic mass is 19.4. The van der Waals surface area contributed by atoms with Crippen molar-refractivity contribution in [2.75, 3.05) is 13.2 Å². The van der Waals surface area contributed by atoms with E-state index in [1.165, 1.54) is 0 Å². The lowest BCUT2D eigenvalue weighted by Crippen LogP contribution is -2.43. The molecular weight excluding hydrogens is 273 g/mol. The summed E-state index contributed by atoms with van der Waals surface area (Å²) in [6.45, 7) is -2.02. The van der Waals surface area contributed by atoms with Crippen LogP contribution in [-0.4, -0.2) is 48.3 Å². The van der Waals surface area contributed by atoms with Crippen LogP contribution in [-0.2, 0) is 19.1 Å². The molecule has 0 fully saturated rings. The molecule has 10 heteroatoms. The van der Waals surface area contributed by atoms with Gasteiger partial charge in [0.15, 0.2) is 0 Å². The van der Waals surface area contributed by atoms with Crippen LogP contribution < -0.4 is 11.1 Å². The summed E-state index contributed by atoms with van der Waals surface area (Å²) < 4.78 is 39.2. The summed E-state index contributed by atoms with van der Waals surface area (Å²) in [4.78, 5) is 32.3. The minimum absolute atomic E-state index is 0.460. The van der Waals surface area contributed by atoms with Crippen LogP contribution in [0.25, 0.3) is 0 Å². The molecule has 0 heterocycles. The van der Waals surface area contributed by atoms with E-state index >= 15 is 0 Å². The second-order valence-electron chi connectivity index (χ2n) is 3.55. The van der Waals surface area contributed by atoms with Crippen molar-refractivity contribution in [2.24, 2.45) is 5.73 Å². The third-order valence-electron chi connectivity index (χ3n) is 1.78. The molecule has 1 atom stereocenters. The number of carboxylic acid groups (broad SMARTS) is 1. The standard InChI is InChI=1S/C9H13F3N2O5/c10-9(11,12)4-19-2-1-7(16)14-5(8(17)18)3-6(13)15/h5H,1-4H2,(H2,13,15)(H,14,16)(H,17,18)/t5-/m1/s1. The predicted octanol–water partition coefficient (Wildman–Crippen LogP) is -0.600. The summed E-state index contributed by atoms with van der Waals surface area (Å²) in [5, 5.41) is 10.6. The van der Waals surface area contributed by atoms with Gasteiger partial charge in [-0.05, 0) is 0 Å². The Morgan fingerprint density at radius 2 is 1.89 bits per heavy atom. The van der Waals surface area contributed by atoms with Gasteiger partial charge in [0.05, 0.1) is 13.0 Å². The molecule has 0 aliphatic rings. The Balaban J connectivity index is 4.00. The molecular formula is C9H13F3N2O5. The molecule has 0 saturated carbocycles. The van der Waals surface area contributed by atoms with Gasteiger partial charge in [0.1, 0.15) is 12.6 Å². The Morgan fingerprint density at radius 3 is 2.32 bits per heavy atom. The van der Waals surface area contributed by atoms with E-state index in [4.69, 9.17) is 10.8 Å². The second kappa shape index (κ2) is 7.56. The summed E-state index contributed by atoms with van der Waals surface area (Å²) in [7, 11) is 0. The highest BCUT2D eigenvalue weighted by Gasteiger charge is 2.27. The van der Waals surface area contributed by atoms with Crippen molar-refractivity contribution in [3.8, 4) is 0 Å². The fraction of sp³-hybridized carbons (Fsp3) is 0.667. The number of nitrogens with two attached hydrogens (primary N) is 1. The predicted molar refractivity (Wildman–Crippen MR) is 54.9 cm³/mol. The van der Waals surface area contributed by atoms with Crippen molar-refractivity contribution in [1.29, 1.82) is 0 Å². The molecule has 0 aromatic heterocycles. The zero-order chi connectivity index (χ0) is 15.1. The lowest BCUT2D eigenvalue weighted by Gasteiger charge is -2.13. The van der Waals surface area contributed by atoms with Crippen LogP contribution in [0.1, 0.15) is 12.8 Å². The summed E-state index contributed by atoms with van der Waals surface area (Å²) in [5.74, 6) is -3.25. The molecule has 2 amide bonds. The van der Waals surface area contributed by atoms with Gasteiger partial charge < -0.3 is 20.9 Å². The second-order valence-corrected chi connectivity index (χ2v) is 3.55. The van der Waals surface area contributed by atoms with E-state index in [1.54, 1.807) is 0 Å². The first-order valence-electron chi connectivity index (χ1n) is 5.07. The lowest BCUT2D eigenvalue weighted by molar-refractivity contribution is -0.174. The van der Waals surface area contributed by atoms with Gasteiger partial charge in [-0.25, -0.2) is 4.79 Å². The van der Waals surface area contributed by atoms with Crippen molar-refractivity contribution in [1.82, 2.24) is 5.32 Å².